The molecule has 0 saturated carbocycles. The standard InChI is InChI=1S/C16H26N2O/c1-3-5-14-12-18(15(4-2)10-17-14)11-13-6-8-16(19)9-7-13/h6-9,14-15,17,19H,3-5,10-12H2,1-2H3. The van der Waals surface area contributed by atoms with Gasteiger partial charge in [0, 0.05) is 31.7 Å². The molecule has 1 aromatic carbocycles. The second kappa shape index (κ2) is 6.92. The van der Waals surface area contributed by atoms with E-state index in [-0.39, 0.29) is 0 Å². The molecule has 1 aliphatic rings. The molecule has 0 spiro atoms. The first-order valence-electron chi connectivity index (χ1n) is 7.48. The van der Waals surface area contributed by atoms with Gasteiger partial charge >= 0.3 is 0 Å². The fraction of sp³-hybridized carbons (Fsp3) is 0.625. The van der Waals surface area contributed by atoms with Crippen molar-refractivity contribution in [2.24, 2.45) is 0 Å². The van der Waals surface area contributed by atoms with Crippen LogP contribution in [0.25, 0.3) is 0 Å². The number of piperazine rings is 1. The third kappa shape index (κ3) is 3.95. The van der Waals surface area contributed by atoms with E-state index in [0.717, 1.165) is 19.6 Å². The number of phenols is 1. The molecular formula is C16H26N2O. The van der Waals surface area contributed by atoms with Gasteiger partial charge < -0.3 is 10.4 Å². The van der Waals surface area contributed by atoms with Crippen molar-refractivity contribution in [2.45, 2.75) is 51.7 Å². The lowest BCUT2D eigenvalue weighted by Gasteiger charge is -2.40. The van der Waals surface area contributed by atoms with E-state index in [1.165, 1.54) is 24.8 Å². The lowest BCUT2D eigenvalue weighted by molar-refractivity contribution is 0.115. The molecule has 0 aliphatic carbocycles. The number of phenolic OH excluding ortho intramolecular Hbond substituents is 1. The van der Waals surface area contributed by atoms with Gasteiger partial charge in [-0.2, -0.15) is 0 Å². The van der Waals surface area contributed by atoms with Gasteiger partial charge in [0.15, 0.2) is 0 Å². The molecule has 0 bridgehead atoms. The number of rotatable bonds is 5. The molecule has 1 fully saturated rings. The quantitative estimate of drug-likeness (QED) is 0.856. The highest BCUT2D eigenvalue weighted by Crippen LogP contribution is 2.18. The molecule has 1 heterocycles. The molecule has 2 atom stereocenters. The molecule has 2 N–H and O–H groups in total. The van der Waals surface area contributed by atoms with Crippen molar-refractivity contribution in [1.82, 2.24) is 10.2 Å². The zero-order valence-corrected chi connectivity index (χ0v) is 12.1. The summed E-state index contributed by atoms with van der Waals surface area (Å²) >= 11 is 0. The molecule has 0 aromatic heterocycles. The summed E-state index contributed by atoms with van der Waals surface area (Å²) in [6, 6.07) is 8.87. The van der Waals surface area contributed by atoms with E-state index in [2.05, 4.69) is 24.1 Å². The molecule has 19 heavy (non-hydrogen) atoms. The molecular weight excluding hydrogens is 236 g/mol. The van der Waals surface area contributed by atoms with Crippen LogP contribution in [0.4, 0.5) is 0 Å². The summed E-state index contributed by atoms with van der Waals surface area (Å²) in [5.74, 6) is 0.347. The van der Waals surface area contributed by atoms with Crippen LogP contribution in [-0.4, -0.2) is 35.2 Å². The molecule has 1 saturated heterocycles. The molecule has 1 aromatic rings. The second-order valence-electron chi connectivity index (χ2n) is 5.55. The number of nitrogens with zero attached hydrogens (tertiary/aromatic N) is 1. The number of hydrogen-bond donors (Lipinski definition) is 2. The summed E-state index contributed by atoms with van der Waals surface area (Å²) in [7, 11) is 0. The Kier molecular flexibility index (Phi) is 5.23. The van der Waals surface area contributed by atoms with Gasteiger partial charge in [-0.1, -0.05) is 32.4 Å². The van der Waals surface area contributed by atoms with Crippen molar-refractivity contribution in [3.8, 4) is 5.75 Å². The normalized spacial score (nSPS) is 24.5. The Labute approximate surface area is 116 Å². The minimum atomic E-state index is 0.347. The summed E-state index contributed by atoms with van der Waals surface area (Å²) < 4.78 is 0. The summed E-state index contributed by atoms with van der Waals surface area (Å²) in [6.07, 6.45) is 3.67. The highest BCUT2D eigenvalue weighted by Gasteiger charge is 2.25. The van der Waals surface area contributed by atoms with Crippen LogP contribution in [0.5, 0.6) is 5.75 Å². The van der Waals surface area contributed by atoms with Gasteiger partial charge in [-0.05, 0) is 30.5 Å². The van der Waals surface area contributed by atoms with Crippen molar-refractivity contribution in [1.29, 1.82) is 0 Å². The Balaban J connectivity index is 1.99. The average molecular weight is 262 g/mol. The lowest BCUT2D eigenvalue weighted by Crippen LogP contribution is -2.55. The van der Waals surface area contributed by atoms with Crippen molar-refractivity contribution >= 4 is 0 Å². The van der Waals surface area contributed by atoms with E-state index < -0.39 is 0 Å². The van der Waals surface area contributed by atoms with Crippen LogP contribution in [0.2, 0.25) is 0 Å². The fourth-order valence-corrected chi connectivity index (χ4v) is 2.90. The van der Waals surface area contributed by atoms with Gasteiger partial charge in [0.05, 0.1) is 0 Å². The van der Waals surface area contributed by atoms with E-state index in [1.807, 2.05) is 12.1 Å². The average Bonchev–Trinajstić information content (AvgIpc) is 2.42. The first-order chi connectivity index (χ1) is 9.22. The first kappa shape index (κ1) is 14.4. The maximum Gasteiger partial charge on any atom is 0.115 e. The van der Waals surface area contributed by atoms with Crippen molar-refractivity contribution in [3.05, 3.63) is 29.8 Å². The van der Waals surface area contributed by atoms with Crippen LogP contribution in [0.15, 0.2) is 24.3 Å². The Morgan fingerprint density at radius 2 is 2.00 bits per heavy atom. The summed E-state index contributed by atoms with van der Waals surface area (Å²) in [5.41, 5.74) is 1.29. The smallest absolute Gasteiger partial charge is 0.115 e. The van der Waals surface area contributed by atoms with Crippen molar-refractivity contribution in [3.63, 3.8) is 0 Å². The van der Waals surface area contributed by atoms with E-state index in [9.17, 15) is 5.11 Å². The highest BCUT2D eigenvalue weighted by atomic mass is 16.3. The summed E-state index contributed by atoms with van der Waals surface area (Å²) in [6.45, 7) is 7.72. The van der Waals surface area contributed by atoms with Gasteiger partial charge in [-0.25, -0.2) is 0 Å². The third-order valence-electron chi connectivity index (χ3n) is 4.04. The SMILES string of the molecule is CCCC1CN(Cc2ccc(O)cc2)C(CC)CN1. The van der Waals surface area contributed by atoms with Crippen molar-refractivity contribution < 1.29 is 5.11 Å². The number of hydrogen-bond acceptors (Lipinski definition) is 3. The van der Waals surface area contributed by atoms with Crippen LogP contribution >= 0.6 is 0 Å². The molecule has 0 radical (unpaired) electrons. The number of nitrogens with one attached hydrogen (secondary N) is 1. The molecule has 2 unspecified atom stereocenters. The Bertz CT molecular complexity index is 377. The van der Waals surface area contributed by atoms with Crippen LogP contribution in [0.1, 0.15) is 38.7 Å². The molecule has 1 aliphatic heterocycles. The summed E-state index contributed by atoms with van der Waals surface area (Å²) in [5, 5.41) is 13.0. The van der Waals surface area contributed by atoms with Crippen LogP contribution in [-0.2, 0) is 6.54 Å². The molecule has 3 heteroatoms. The predicted octanol–water partition coefficient (Wildman–Crippen LogP) is 2.74. The first-order valence-corrected chi connectivity index (χ1v) is 7.48. The Morgan fingerprint density at radius 1 is 1.26 bits per heavy atom. The molecule has 0 amide bonds. The monoisotopic (exact) mass is 262 g/mol. The zero-order valence-electron chi connectivity index (χ0n) is 12.1. The molecule has 106 valence electrons. The van der Waals surface area contributed by atoms with Gasteiger partial charge in [0.1, 0.15) is 5.75 Å². The van der Waals surface area contributed by atoms with Gasteiger partial charge in [0.2, 0.25) is 0 Å². The highest BCUT2D eigenvalue weighted by molar-refractivity contribution is 5.25. The Hall–Kier alpha value is -1.06. The van der Waals surface area contributed by atoms with E-state index >= 15 is 0 Å². The van der Waals surface area contributed by atoms with Crippen LogP contribution < -0.4 is 5.32 Å². The molecule has 3 nitrogen and oxygen atoms in total. The topological polar surface area (TPSA) is 35.5 Å². The van der Waals surface area contributed by atoms with E-state index in [1.54, 1.807) is 12.1 Å². The second-order valence-corrected chi connectivity index (χ2v) is 5.55. The van der Waals surface area contributed by atoms with Crippen molar-refractivity contribution in [2.75, 3.05) is 13.1 Å². The lowest BCUT2D eigenvalue weighted by atomic mass is 10.0. The molecule has 2 rings (SSSR count). The zero-order chi connectivity index (χ0) is 13.7. The van der Waals surface area contributed by atoms with Crippen LogP contribution in [0.3, 0.4) is 0 Å². The summed E-state index contributed by atoms with van der Waals surface area (Å²) in [4.78, 5) is 2.59. The van der Waals surface area contributed by atoms with Gasteiger partial charge in [0.25, 0.3) is 0 Å². The van der Waals surface area contributed by atoms with E-state index in [0.29, 0.717) is 17.8 Å². The van der Waals surface area contributed by atoms with E-state index in [4.69, 9.17) is 0 Å². The maximum absolute atomic E-state index is 9.35. The van der Waals surface area contributed by atoms with Crippen LogP contribution in [0, 0.1) is 0 Å². The minimum absolute atomic E-state index is 0.347. The predicted molar refractivity (Wildman–Crippen MR) is 79.3 cm³/mol. The van der Waals surface area contributed by atoms with Gasteiger partial charge in [-0.15, -0.1) is 0 Å². The minimum Gasteiger partial charge on any atom is -0.508 e. The number of aromatic hydroxyl groups is 1. The maximum atomic E-state index is 9.35. The fourth-order valence-electron chi connectivity index (χ4n) is 2.90. The third-order valence-corrected chi connectivity index (χ3v) is 4.04. The van der Waals surface area contributed by atoms with Gasteiger partial charge in [-0.3, -0.25) is 4.90 Å². The number of benzene rings is 1. The largest absolute Gasteiger partial charge is 0.508 e. The Morgan fingerprint density at radius 3 is 2.63 bits per heavy atom.